The van der Waals surface area contributed by atoms with Crippen LogP contribution < -0.4 is 9.64 Å². The first-order valence-corrected chi connectivity index (χ1v) is 14.5. The van der Waals surface area contributed by atoms with Crippen molar-refractivity contribution in [3.8, 4) is 17.0 Å². The van der Waals surface area contributed by atoms with Crippen molar-refractivity contribution in [1.29, 1.82) is 0 Å². The molecule has 1 fully saturated rings. The zero-order valence-corrected chi connectivity index (χ0v) is 24.4. The van der Waals surface area contributed by atoms with Crippen molar-refractivity contribution < 1.29 is 23.0 Å². The average Bonchev–Trinajstić information content (AvgIpc) is 3.37. The third-order valence-corrected chi connectivity index (χ3v) is 8.19. The van der Waals surface area contributed by atoms with Crippen molar-refractivity contribution in [2.75, 3.05) is 31.1 Å². The van der Waals surface area contributed by atoms with Gasteiger partial charge in [-0.15, -0.1) is 11.3 Å². The van der Waals surface area contributed by atoms with Crippen molar-refractivity contribution >= 4 is 23.1 Å². The average molecular weight is 572 g/mol. The van der Waals surface area contributed by atoms with Crippen molar-refractivity contribution in [2.24, 2.45) is 0 Å². The summed E-state index contributed by atoms with van der Waals surface area (Å²) < 4.78 is 41.0. The molecule has 0 atom stereocenters. The zero-order chi connectivity index (χ0) is 28.6. The van der Waals surface area contributed by atoms with E-state index in [1.165, 1.54) is 6.07 Å². The summed E-state index contributed by atoms with van der Waals surface area (Å²) in [5.74, 6) is -0.260. The van der Waals surface area contributed by atoms with Gasteiger partial charge in [-0.2, -0.15) is 0 Å². The molecular formula is C29H35F2N5O3S. The van der Waals surface area contributed by atoms with Gasteiger partial charge in [-0.1, -0.05) is 0 Å². The number of anilines is 1. The van der Waals surface area contributed by atoms with Gasteiger partial charge in [-0.3, -0.25) is 0 Å². The number of benzene rings is 1. The lowest BCUT2D eigenvalue weighted by Crippen LogP contribution is -2.41. The molecule has 0 aliphatic carbocycles. The van der Waals surface area contributed by atoms with Crippen LogP contribution in [0.25, 0.3) is 11.3 Å². The normalized spacial score (nSPS) is 16.2. The summed E-state index contributed by atoms with van der Waals surface area (Å²) in [7, 11) is 0. The van der Waals surface area contributed by atoms with E-state index in [4.69, 9.17) is 9.47 Å². The number of likely N-dealkylation sites (tertiary alicyclic amines) is 1. The van der Waals surface area contributed by atoms with Crippen LogP contribution in [0.2, 0.25) is 0 Å². The summed E-state index contributed by atoms with van der Waals surface area (Å²) in [5.41, 5.74) is 0.468. The Morgan fingerprint density at radius 2 is 1.88 bits per heavy atom. The predicted molar refractivity (Wildman–Crippen MR) is 150 cm³/mol. The topological polar surface area (TPSA) is 80.7 Å². The second-order valence-corrected chi connectivity index (χ2v) is 12.6. The standard InChI is InChI=1S/C29H35F2N5O3S/c1-17(2)36-10-11-38-27-20(30)12-19(13-22(27)36)26-21(31)15-32-24(34-26)14-25-33-16-23(40-25)18-6-8-35(9-7-18)28(37)39-29(3,4)5/h12-13,15-18H,6-11,14H2,1-5H3. The number of amides is 1. The fraction of sp³-hybridized carbons (Fsp3) is 0.517. The third-order valence-electron chi connectivity index (χ3n) is 7.03. The number of hydrogen-bond acceptors (Lipinski definition) is 8. The Hall–Kier alpha value is -3.34. The molecule has 0 unspecified atom stereocenters. The highest BCUT2D eigenvalue weighted by molar-refractivity contribution is 7.11. The van der Waals surface area contributed by atoms with Crippen LogP contribution in [0.15, 0.2) is 24.5 Å². The van der Waals surface area contributed by atoms with E-state index >= 15 is 0 Å². The van der Waals surface area contributed by atoms with E-state index in [2.05, 4.69) is 15.0 Å². The molecule has 0 N–H and O–H groups in total. The summed E-state index contributed by atoms with van der Waals surface area (Å²) in [6.07, 6.45) is 4.73. The maximum Gasteiger partial charge on any atom is 0.410 e. The van der Waals surface area contributed by atoms with Gasteiger partial charge in [0.25, 0.3) is 0 Å². The number of nitrogens with zero attached hydrogens (tertiary/aromatic N) is 5. The largest absolute Gasteiger partial charge is 0.486 e. The number of aromatic nitrogens is 3. The van der Waals surface area contributed by atoms with Gasteiger partial charge in [-0.25, -0.2) is 28.5 Å². The van der Waals surface area contributed by atoms with Crippen LogP contribution in [0.3, 0.4) is 0 Å². The summed E-state index contributed by atoms with van der Waals surface area (Å²) in [5, 5.41) is 0.818. The maximum atomic E-state index is 15.0. The van der Waals surface area contributed by atoms with Crippen molar-refractivity contribution in [3.05, 3.63) is 51.9 Å². The fourth-order valence-electron chi connectivity index (χ4n) is 5.07. The van der Waals surface area contributed by atoms with E-state index in [1.807, 2.05) is 45.7 Å². The number of thiazole rings is 1. The van der Waals surface area contributed by atoms with Crippen LogP contribution in [0.5, 0.6) is 5.75 Å². The van der Waals surface area contributed by atoms with Crippen molar-refractivity contribution in [3.63, 3.8) is 0 Å². The van der Waals surface area contributed by atoms with E-state index in [1.54, 1.807) is 22.3 Å². The van der Waals surface area contributed by atoms with Crippen molar-refractivity contribution in [1.82, 2.24) is 19.9 Å². The van der Waals surface area contributed by atoms with Crippen molar-refractivity contribution in [2.45, 2.75) is 71.4 Å². The Morgan fingerprint density at radius 3 is 2.58 bits per heavy atom. The van der Waals surface area contributed by atoms with E-state index in [9.17, 15) is 13.6 Å². The van der Waals surface area contributed by atoms with E-state index in [0.717, 1.165) is 28.9 Å². The molecule has 2 aliphatic heterocycles. The molecule has 214 valence electrons. The molecule has 0 spiro atoms. The molecule has 0 radical (unpaired) electrons. The third kappa shape index (κ3) is 6.19. The van der Waals surface area contributed by atoms with Crippen LogP contribution in [-0.2, 0) is 11.2 Å². The molecule has 4 heterocycles. The number of hydrogen-bond donors (Lipinski definition) is 0. The first kappa shape index (κ1) is 28.2. The molecular weight excluding hydrogens is 536 g/mol. The van der Waals surface area contributed by atoms with Gasteiger partial charge >= 0.3 is 6.09 Å². The first-order valence-electron chi connectivity index (χ1n) is 13.7. The van der Waals surface area contributed by atoms with Crippen LogP contribution in [0, 0.1) is 11.6 Å². The molecule has 3 aromatic rings. The highest BCUT2D eigenvalue weighted by atomic mass is 32.1. The Bertz CT molecular complexity index is 1380. The quantitative estimate of drug-likeness (QED) is 0.361. The molecule has 1 aromatic carbocycles. The molecule has 1 amide bonds. The lowest BCUT2D eigenvalue weighted by Gasteiger charge is -2.34. The van der Waals surface area contributed by atoms with E-state index in [-0.39, 0.29) is 23.6 Å². The summed E-state index contributed by atoms with van der Waals surface area (Å²) in [6.45, 7) is 11.9. The summed E-state index contributed by atoms with van der Waals surface area (Å²) in [6, 6.07) is 3.13. The van der Waals surface area contributed by atoms with Gasteiger partial charge in [0.2, 0.25) is 0 Å². The lowest BCUT2D eigenvalue weighted by molar-refractivity contribution is 0.0205. The Balaban J connectivity index is 1.29. The predicted octanol–water partition coefficient (Wildman–Crippen LogP) is 6.19. The molecule has 0 bridgehead atoms. The molecule has 40 heavy (non-hydrogen) atoms. The molecule has 5 rings (SSSR count). The molecule has 8 nitrogen and oxygen atoms in total. The molecule has 2 aromatic heterocycles. The SMILES string of the molecule is CC(C)N1CCOc2c(F)cc(-c3nc(Cc4ncc(C5CCN(C(=O)OC(C)(C)C)CC5)s4)ncc3F)cc21. The lowest BCUT2D eigenvalue weighted by atomic mass is 9.96. The minimum atomic E-state index is -0.618. The molecule has 2 aliphatic rings. The number of carbonyl (C=O) groups is 1. The molecule has 1 saturated heterocycles. The number of ether oxygens (including phenoxy) is 2. The van der Waals surface area contributed by atoms with Crippen LogP contribution in [0.4, 0.5) is 19.3 Å². The number of halogens is 2. The van der Waals surface area contributed by atoms with Crippen LogP contribution >= 0.6 is 11.3 Å². The minimum absolute atomic E-state index is 0.0484. The second-order valence-electron chi connectivity index (χ2n) is 11.5. The molecule has 11 heteroatoms. The minimum Gasteiger partial charge on any atom is -0.486 e. The van der Waals surface area contributed by atoms with Crippen LogP contribution in [0.1, 0.15) is 69.1 Å². The van der Waals surface area contributed by atoms with Gasteiger partial charge in [0.05, 0.1) is 24.8 Å². The number of fused-ring (bicyclic) bond motifs is 1. The van der Waals surface area contributed by atoms with Gasteiger partial charge in [-0.05, 0) is 65.5 Å². The zero-order valence-electron chi connectivity index (χ0n) is 23.5. The summed E-state index contributed by atoms with van der Waals surface area (Å²) in [4.78, 5) is 30.6. The van der Waals surface area contributed by atoms with Gasteiger partial charge in [0.15, 0.2) is 17.4 Å². The van der Waals surface area contributed by atoms with Gasteiger partial charge in [0, 0.05) is 35.8 Å². The van der Waals surface area contributed by atoms with E-state index in [0.29, 0.717) is 55.7 Å². The highest BCUT2D eigenvalue weighted by Gasteiger charge is 2.29. The Morgan fingerprint density at radius 1 is 1.12 bits per heavy atom. The number of rotatable bonds is 5. The number of piperidine rings is 1. The second kappa shape index (κ2) is 11.3. The highest BCUT2D eigenvalue weighted by Crippen LogP contribution is 2.39. The first-order chi connectivity index (χ1) is 19.0. The van der Waals surface area contributed by atoms with Crippen LogP contribution in [-0.4, -0.2) is 63.8 Å². The maximum absolute atomic E-state index is 15.0. The smallest absolute Gasteiger partial charge is 0.410 e. The molecule has 0 saturated carbocycles. The van der Waals surface area contributed by atoms with Gasteiger partial charge in [0.1, 0.15) is 28.7 Å². The summed E-state index contributed by atoms with van der Waals surface area (Å²) >= 11 is 1.58. The monoisotopic (exact) mass is 571 g/mol. The fourth-order valence-corrected chi connectivity index (χ4v) is 6.16. The Kier molecular flexibility index (Phi) is 7.94. The van der Waals surface area contributed by atoms with E-state index < -0.39 is 17.2 Å². The van der Waals surface area contributed by atoms with Gasteiger partial charge < -0.3 is 19.3 Å². The number of carbonyl (C=O) groups excluding carboxylic acids is 1. The Labute approximate surface area is 237 Å².